The Morgan fingerprint density at radius 2 is 1.84 bits per heavy atom. The number of hydrogen-bond acceptors (Lipinski definition) is 8. The zero-order chi connectivity index (χ0) is 25.8. The topological polar surface area (TPSA) is 111 Å². The quantitative estimate of drug-likeness (QED) is 0.486. The van der Waals surface area contributed by atoms with E-state index in [1.807, 2.05) is 35.2 Å². The van der Waals surface area contributed by atoms with Crippen molar-refractivity contribution in [1.29, 1.82) is 0 Å². The Balaban J connectivity index is 1.19. The maximum Gasteiger partial charge on any atom is 0.264 e. The molecule has 4 heterocycles. The van der Waals surface area contributed by atoms with Crippen molar-refractivity contribution in [2.24, 2.45) is 5.92 Å². The minimum absolute atomic E-state index is 0.0993. The minimum Gasteiger partial charge on any atom is -0.480 e. The molecule has 9 nitrogen and oxygen atoms in total. The fourth-order valence-electron chi connectivity index (χ4n) is 5.19. The maximum atomic E-state index is 13.1. The first-order valence-corrected chi connectivity index (χ1v) is 13.3. The van der Waals surface area contributed by atoms with Crippen LogP contribution in [0.5, 0.6) is 5.75 Å². The number of carbonyl (C=O) groups is 1. The van der Waals surface area contributed by atoms with Crippen molar-refractivity contribution in [2.45, 2.75) is 58.6 Å². The van der Waals surface area contributed by atoms with Gasteiger partial charge in [0.25, 0.3) is 11.8 Å². The lowest BCUT2D eigenvalue weighted by Crippen LogP contribution is -2.45. The van der Waals surface area contributed by atoms with Crippen molar-refractivity contribution in [2.75, 3.05) is 31.9 Å². The first-order chi connectivity index (χ1) is 18.0. The maximum absolute atomic E-state index is 13.1. The molecular weight excluding hydrogens is 468 g/mol. The average molecular weight is 505 g/mol. The first-order valence-electron chi connectivity index (χ1n) is 13.3. The number of ether oxygens (including phenoxy) is 1. The second-order valence-electron chi connectivity index (χ2n) is 10.4. The fourth-order valence-corrected chi connectivity index (χ4v) is 5.19. The molecule has 2 saturated heterocycles. The van der Waals surface area contributed by atoms with Crippen LogP contribution in [-0.4, -0.2) is 63.1 Å². The van der Waals surface area contributed by atoms with E-state index < -0.39 is 0 Å². The van der Waals surface area contributed by atoms with Crippen LogP contribution in [-0.2, 0) is 13.0 Å². The Morgan fingerprint density at radius 1 is 1.11 bits per heavy atom. The van der Waals surface area contributed by atoms with E-state index in [0.717, 1.165) is 43.5 Å². The molecule has 9 heteroatoms. The second kappa shape index (κ2) is 11.3. The number of benzene rings is 1. The SMILES string of the molecule is CC(C)Cc1noc(COc2cc(-c3ccc(C(=O)N4CCC(N5CCCC5)CC4)cc3)cnc2N)n1. The van der Waals surface area contributed by atoms with Gasteiger partial charge in [0.2, 0.25) is 0 Å². The molecular formula is C28H36N6O3. The van der Waals surface area contributed by atoms with Crippen molar-refractivity contribution in [3.63, 3.8) is 0 Å². The fraction of sp³-hybridized carbons (Fsp3) is 0.500. The Labute approximate surface area is 218 Å². The summed E-state index contributed by atoms with van der Waals surface area (Å²) in [5.41, 5.74) is 8.53. The average Bonchev–Trinajstić information content (AvgIpc) is 3.60. The predicted molar refractivity (Wildman–Crippen MR) is 141 cm³/mol. The number of carbonyl (C=O) groups excluding carboxylic acids is 1. The van der Waals surface area contributed by atoms with E-state index in [4.69, 9.17) is 15.0 Å². The van der Waals surface area contributed by atoms with Gasteiger partial charge < -0.3 is 24.8 Å². The smallest absolute Gasteiger partial charge is 0.264 e. The van der Waals surface area contributed by atoms with Crippen LogP contribution in [0.2, 0.25) is 0 Å². The van der Waals surface area contributed by atoms with Gasteiger partial charge in [-0.2, -0.15) is 4.98 Å². The number of aromatic nitrogens is 3. The summed E-state index contributed by atoms with van der Waals surface area (Å²) in [5.74, 6) is 2.34. The van der Waals surface area contributed by atoms with Crippen molar-refractivity contribution in [3.8, 4) is 16.9 Å². The number of nitrogens with two attached hydrogens (primary N) is 1. The molecule has 5 rings (SSSR count). The Kier molecular flexibility index (Phi) is 7.69. The number of likely N-dealkylation sites (tertiary alicyclic amines) is 2. The third kappa shape index (κ3) is 6.10. The molecule has 2 fully saturated rings. The van der Waals surface area contributed by atoms with Gasteiger partial charge in [-0.05, 0) is 68.5 Å². The van der Waals surface area contributed by atoms with E-state index in [0.29, 0.717) is 35.0 Å². The summed E-state index contributed by atoms with van der Waals surface area (Å²) in [6.07, 6.45) is 7.19. The number of anilines is 1. The Morgan fingerprint density at radius 3 is 2.54 bits per heavy atom. The summed E-state index contributed by atoms with van der Waals surface area (Å²) in [4.78, 5) is 26.3. The lowest BCUT2D eigenvalue weighted by Gasteiger charge is -2.36. The van der Waals surface area contributed by atoms with Gasteiger partial charge in [-0.1, -0.05) is 31.1 Å². The zero-order valence-corrected chi connectivity index (χ0v) is 21.7. The molecule has 0 bridgehead atoms. The number of nitrogen functional groups attached to an aromatic ring is 1. The number of amides is 1. The van der Waals surface area contributed by atoms with Gasteiger partial charge in [0.1, 0.15) is 0 Å². The van der Waals surface area contributed by atoms with Gasteiger partial charge in [-0.15, -0.1) is 0 Å². The minimum atomic E-state index is 0.0993. The van der Waals surface area contributed by atoms with Crippen LogP contribution >= 0.6 is 0 Å². The highest BCUT2D eigenvalue weighted by Crippen LogP contribution is 2.28. The number of piperidine rings is 1. The highest BCUT2D eigenvalue weighted by molar-refractivity contribution is 5.94. The molecule has 3 aromatic rings. The summed E-state index contributed by atoms with van der Waals surface area (Å²) in [6, 6.07) is 10.1. The Bertz CT molecular complexity index is 1190. The molecule has 0 aliphatic carbocycles. The number of pyridine rings is 1. The van der Waals surface area contributed by atoms with Crippen molar-refractivity contribution in [3.05, 3.63) is 53.8 Å². The van der Waals surface area contributed by atoms with Crippen LogP contribution in [0.1, 0.15) is 61.6 Å². The largest absolute Gasteiger partial charge is 0.480 e. The van der Waals surface area contributed by atoms with Crippen LogP contribution in [0.3, 0.4) is 0 Å². The van der Waals surface area contributed by atoms with Gasteiger partial charge in [0.15, 0.2) is 24.0 Å². The van der Waals surface area contributed by atoms with E-state index in [1.54, 1.807) is 6.20 Å². The van der Waals surface area contributed by atoms with E-state index in [-0.39, 0.29) is 18.3 Å². The molecule has 1 aromatic carbocycles. The molecule has 37 heavy (non-hydrogen) atoms. The van der Waals surface area contributed by atoms with Crippen LogP contribution in [0.25, 0.3) is 11.1 Å². The van der Waals surface area contributed by atoms with Crippen molar-refractivity contribution >= 4 is 11.7 Å². The molecule has 2 aliphatic heterocycles. The van der Waals surface area contributed by atoms with Crippen LogP contribution in [0.4, 0.5) is 5.82 Å². The molecule has 2 aromatic heterocycles. The molecule has 0 spiro atoms. The Hall–Kier alpha value is -3.46. The third-order valence-corrected chi connectivity index (χ3v) is 7.21. The second-order valence-corrected chi connectivity index (χ2v) is 10.4. The van der Waals surface area contributed by atoms with Crippen LogP contribution in [0.15, 0.2) is 41.1 Å². The summed E-state index contributed by atoms with van der Waals surface area (Å²) in [7, 11) is 0. The van der Waals surface area contributed by atoms with Gasteiger partial charge >= 0.3 is 0 Å². The molecule has 196 valence electrons. The highest BCUT2D eigenvalue weighted by atomic mass is 16.5. The van der Waals surface area contributed by atoms with Crippen molar-refractivity contribution < 1.29 is 14.1 Å². The molecule has 0 atom stereocenters. The van der Waals surface area contributed by atoms with Gasteiger partial charge in [-0.3, -0.25) is 4.79 Å². The van der Waals surface area contributed by atoms with Crippen LogP contribution in [0, 0.1) is 5.92 Å². The van der Waals surface area contributed by atoms with E-state index in [1.165, 1.54) is 25.9 Å². The van der Waals surface area contributed by atoms with Crippen molar-refractivity contribution in [1.82, 2.24) is 24.9 Å². The lowest BCUT2D eigenvalue weighted by atomic mass is 10.0. The van der Waals surface area contributed by atoms with Gasteiger partial charge in [-0.25, -0.2) is 4.98 Å². The summed E-state index contributed by atoms with van der Waals surface area (Å²) in [6.45, 7) is 8.39. The van der Waals surface area contributed by atoms with Gasteiger partial charge in [0, 0.05) is 42.9 Å². The normalized spacial score (nSPS) is 17.0. The molecule has 0 unspecified atom stereocenters. The monoisotopic (exact) mass is 504 g/mol. The molecule has 0 radical (unpaired) electrons. The van der Waals surface area contributed by atoms with E-state index >= 15 is 0 Å². The molecule has 0 saturated carbocycles. The molecule has 2 aliphatic rings. The lowest BCUT2D eigenvalue weighted by molar-refractivity contribution is 0.0644. The third-order valence-electron chi connectivity index (χ3n) is 7.21. The van der Waals surface area contributed by atoms with E-state index in [9.17, 15) is 4.79 Å². The molecule has 1 amide bonds. The summed E-state index contributed by atoms with van der Waals surface area (Å²) >= 11 is 0. The number of nitrogens with zero attached hydrogens (tertiary/aromatic N) is 5. The highest BCUT2D eigenvalue weighted by Gasteiger charge is 2.28. The standard InChI is InChI=1S/C28H36N6O3/c1-19(2)15-25-31-26(37-32-25)18-36-24-16-22(17-30-27(24)29)20-5-7-21(8-6-20)28(35)34-13-9-23(10-14-34)33-11-3-4-12-33/h5-8,16-17,19,23H,3-4,9-15,18H2,1-2H3,(H2,29,30). The van der Waals surface area contributed by atoms with Crippen LogP contribution < -0.4 is 10.5 Å². The summed E-state index contributed by atoms with van der Waals surface area (Å²) in [5, 5.41) is 3.99. The number of rotatable bonds is 8. The zero-order valence-electron chi connectivity index (χ0n) is 21.7. The van der Waals surface area contributed by atoms with E-state index in [2.05, 4.69) is 33.9 Å². The predicted octanol–water partition coefficient (Wildman–Crippen LogP) is 4.19. The van der Waals surface area contributed by atoms with Gasteiger partial charge in [0.05, 0.1) is 0 Å². The first kappa shape index (κ1) is 25.2. The number of hydrogen-bond donors (Lipinski definition) is 1. The summed E-state index contributed by atoms with van der Waals surface area (Å²) < 4.78 is 11.1. The molecule has 2 N–H and O–H groups in total.